The standard InChI is InChI=1S/C12H13ClFNO2/c1-8(16)7-15-12(17)6-5-9-10(13)3-2-4-11(9)14/h2-6,8,16H,7H2,1H3,(H,15,17)/b6-5+/t8-/m1/s1. The number of amides is 1. The molecule has 0 aromatic heterocycles. The Balaban J connectivity index is 2.67. The van der Waals surface area contributed by atoms with E-state index in [4.69, 9.17) is 16.7 Å². The highest BCUT2D eigenvalue weighted by atomic mass is 35.5. The molecule has 0 aliphatic carbocycles. The third-order valence-electron chi connectivity index (χ3n) is 1.97. The fourth-order valence-corrected chi connectivity index (χ4v) is 1.36. The van der Waals surface area contributed by atoms with Crippen LogP contribution in [-0.2, 0) is 4.79 Å². The van der Waals surface area contributed by atoms with Gasteiger partial charge in [-0.1, -0.05) is 17.7 Å². The minimum absolute atomic E-state index is 0.147. The van der Waals surface area contributed by atoms with E-state index in [1.54, 1.807) is 6.92 Å². The molecule has 0 heterocycles. The number of carbonyl (C=O) groups is 1. The molecule has 5 heteroatoms. The van der Waals surface area contributed by atoms with Crippen molar-refractivity contribution in [2.75, 3.05) is 6.54 Å². The van der Waals surface area contributed by atoms with Gasteiger partial charge in [-0.2, -0.15) is 0 Å². The number of rotatable bonds is 4. The third-order valence-corrected chi connectivity index (χ3v) is 2.30. The fraction of sp³-hybridized carbons (Fsp3) is 0.250. The fourth-order valence-electron chi connectivity index (χ4n) is 1.14. The summed E-state index contributed by atoms with van der Waals surface area (Å²) in [6.07, 6.45) is 1.85. The number of hydrogen-bond acceptors (Lipinski definition) is 2. The molecule has 0 bridgehead atoms. The van der Waals surface area contributed by atoms with Crippen LogP contribution >= 0.6 is 11.6 Å². The Morgan fingerprint density at radius 1 is 1.65 bits per heavy atom. The quantitative estimate of drug-likeness (QED) is 0.811. The van der Waals surface area contributed by atoms with E-state index in [9.17, 15) is 9.18 Å². The molecule has 0 aliphatic heterocycles. The first-order valence-corrected chi connectivity index (χ1v) is 5.46. The van der Waals surface area contributed by atoms with Crippen molar-refractivity contribution in [3.63, 3.8) is 0 Å². The van der Waals surface area contributed by atoms with Crippen molar-refractivity contribution < 1.29 is 14.3 Å². The molecule has 3 nitrogen and oxygen atoms in total. The van der Waals surface area contributed by atoms with E-state index in [1.165, 1.54) is 30.4 Å². The maximum absolute atomic E-state index is 13.3. The van der Waals surface area contributed by atoms with Gasteiger partial charge in [-0.05, 0) is 25.1 Å². The van der Waals surface area contributed by atoms with Gasteiger partial charge in [0.1, 0.15) is 5.82 Å². The topological polar surface area (TPSA) is 49.3 Å². The van der Waals surface area contributed by atoms with Crippen molar-refractivity contribution in [2.45, 2.75) is 13.0 Å². The molecule has 2 N–H and O–H groups in total. The zero-order valence-corrected chi connectivity index (χ0v) is 10.0. The van der Waals surface area contributed by atoms with Crippen molar-refractivity contribution in [3.05, 3.63) is 40.7 Å². The van der Waals surface area contributed by atoms with Crippen molar-refractivity contribution in [1.29, 1.82) is 0 Å². The van der Waals surface area contributed by atoms with Gasteiger partial charge in [-0.3, -0.25) is 4.79 Å². The van der Waals surface area contributed by atoms with Gasteiger partial charge >= 0.3 is 0 Å². The lowest BCUT2D eigenvalue weighted by molar-refractivity contribution is -0.116. The summed E-state index contributed by atoms with van der Waals surface area (Å²) < 4.78 is 13.3. The summed E-state index contributed by atoms with van der Waals surface area (Å²) in [6.45, 7) is 1.70. The van der Waals surface area contributed by atoms with E-state index in [0.29, 0.717) is 0 Å². The molecule has 0 unspecified atom stereocenters. The van der Waals surface area contributed by atoms with E-state index < -0.39 is 17.8 Å². The van der Waals surface area contributed by atoms with Crippen LogP contribution in [0.5, 0.6) is 0 Å². The van der Waals surface area contributed by atoms with Gasteiger partial charge in [0.05, 0.1) is 11.1 Å². The molecule has 1 amide bonds. The predicted molar refractivity (Wildman–Crippen MR) is 65.1 cm³/mol. The lowest BCUT2D eigenvalue weighted by Gasteiger charge is -2.04. The zero-order chi connectivity index (χ0) is 12.8. The molecule has 0 fully saturated rings. The Hall–Kier alpha value is -1.39. The molecule has 0 saturated carbocycles. The lowest BCUT2D eigenvalue weighted by atomic mass is 10.2. The first kappa shape index (κ1) is 13.7. The number of carbonyl (C=O) groups excluding carboxylic acids is 1. The molecular formula is C12H13ClFNO2. The Labute approximate surface area is 104 Å². The Bertz CT molecular complexity index is 412. The first-order valence-electron chi connectivity index (χ1n) is 5.08. The van der Waals surface area contributed by atoms with Crippen LogP contribution in [-0.4, -0.2) is 23.7 Å². The number of aliphatic hydroxyl groups is 1. The second-order valence-corrected chi connectivity index (χ2v) is 3.97. The zero-order valence-electron chi connectivity index (χ0n) is 9.28. The Morgan fingerprint density at radius 3 is 2.94 bits per heavy atom. The van der Waals surface area contributed by atoms with Gasteiger partial charge in [0, 0.05) is 18.2 Å². The summed E-state index contributed by atoms with van der Waals surface area (Å²) in [4.78, 5) is 11.3. The van der Waals surface area contributed by atoms with Crippen LogP contribution in [0.2, 0.25) is 5.02 Å². The molecule has 17 heavy (non-hydrogen) atoms. The number of benzene rings is 1. The van der Waals surface area contributed by atoms with Crippen LogP contribution in [0.3, 0.4) is 0 Å². The molecule has 0 saturated heterocycles. The summed E-state index contributed by atoms with van der Waals surface area (Å²) in [7, 11) is 0. The van der Waals surface area contributed by atoms with Crippen LogP contribution in [0.1, 0.15) is 12.5 Å². The molecule has 1 aromatic carbocycles. The summed E-state index contributed by atoms with van der Waals surface area (Å²) in [5.74, 6) is -0.901. The Morgan fingerprint density at radius 2 is 2.35 bits per heavy atom. The number of halogens is 2. The number of nitrogens with one attached hydrogen (secondary N) is 1. The van der Waals surface area contributed by atoms with E-state index in [2.05, 4.69) is 5.32 Å². The maximum Gasteiger partial charge on any atom is 0.244 e. The average Bonchev–Trinajstić information content (AvgIpc) is 2.25. The minimum atomic E-state index is -0.621. The van der Waals surface area contributed by atoms with Gasteiger partial charge in [-0.15, -0.1) is 0 Å². The van der Waals surface area contributed by atoms with Gasteiger partial charge in [0.25, 0.3) is 0 Å². The number of aliphatic hydroxyl groups excluding tert-OH is 1. The molecule has 0 radical (unpaired) electrons. The highest BCUT2D eigenvalue weighted by Gasteiger charge is 2.04. The largest absolute Gasteiger partial charge is 0.392 e. The monoisotopic (exact) mass is 257 g/mol. The highest BCUT2D eigenvalue weighted by molar-refractivity contribution is 6.32. The third kappa shape index (κ3) is 4.54. The normalized spacial score (nSPS) is 12.7. The van der Waals surface area contributed by atoms with E-state index in [0.717, 1.165) is 0 Å². The average molecular weight is 258 g/mol. The Kier molecular flexibility index (Phi) is 5.12. The van der Waals surface area contributed by atoms with Crippen molar-refractivity contribution in [1.82, 2.24) is 5.32 Å². The van der Waals surface area contributed by atoms with Crippen molar-refractivity contribution in [3.8, 4) is 0 Å². The van der Waals surface area contributed by atoms with Crippen molar-refractivity contribution in [2.24, 2.45) is 0 Å². The first-order chi connectivity index (χ1) is 8.00. The van der Waals surface area contributed by atoms with Crippen LogP contribution in [0.15, 0.2) is 24.3 Å². The summed E-state index contributed by atoms with van der Waals surface area (Å²) >= 11 is 5.78. The number of hydrogen-bond donors (Lipinski definition) is 2. The highest BCUT2D eigenvalue weighted by Crippen LogP contribution is 2.20. The minimum Gasteiger partial charge on any atom is -0.392 e. The maximum atomic E-state index is 13.3. The van der Waals surface area contributed by atoms with Crippen LogP contribution < -0.4 is 5.32 Å². The van der Waals surface area contributed by atoms with Crippen molar-refractivity contribution >= 4 is 23.6 Å². The summed E-state index contributed by atoms with van der Waals surface area (Å²) in [5.41, 5.74) is 0.168. The van der Waals surface area contributed by atoms with Crippen LogP contribution in [0, 0.1) is 5.82 Å². The van der Waals surface area contributed by atoms with Crippen LogP contribution in [0.25, 0.3) is 6.08 Å². The molecular weight excluding hydrogens is 245 g/mol. The van der Waals surface area contributed by atoms with E-state index in [-0.39, 0.29) is 17.1 Å². The predicted octanol–water partition coefficient (Wildman–Crippen LogP) is 1.99. The summed E-state index contributed by atoms with van der Waals surface area (Å²) in [6, 6.07) is 4.29. The molecule has 1 aromatic rings. The summed E-state index contributed by atoms with van der Waals surface area (Å²) in [5, 5.41) is 11.6. The second-order valence-electron chi connectivity index (χ2n) is 3.56. The lowest BCUT2D eigenvalue weighted by Crippen LogP contribution is -2.28. The van der Waals surface area contributed by atoms with Gasteiger partial charge in [0.2, 0.25) is 5.91 Å². The molecule has 92 valence electrons. The van der Waals surface area contributed by atoms with Gasteiger partial charge in [-0.25, -0.2) is 4.39 Å². The van der Waals surface area contributed by atoms with E-state index in [1.807, 2.05) is 0 Å². The molecule has 0 aliphatic rings. The molecule has 1 rings (SSSR count). The van der Waals surface area contributed by atoms with E-state index >= 15 is 0 Å². The van der Waals surface area contributed by atoms with Gasteiger partial charge < -0.3 is 10.4 Å². The van der Waals surface area contributed by atoms with Crippen LogP contribution in [0.4, 0.5) is 4.39 Å². The smallest absolute Gasteiger partial charge is 0.244 e. The van der Waals surface area contributed by atoms with Gasteiger partial charge in [0.15, 0.2) is 0 Å². The SMILES string of the molecule is C[C@@H](O)CNC(=O)/C=C/c1c(F)cccc1Cl. The molecule has 1 atom stereocenters. The second kappa shape index (κ2) is 6.37. The molecule has 0 spiro atoms.